The standard InChI is InChI=1S/C16H18N4O3/c1-19(9-10-21)15-7-5-13(6-8-15)12-17-18-14-3-2-4-16(11-14)20(22)23/h2-8,11-12,18,21H,9-10H2,1H3. The highest BCUT2D eigenvalue weighted by atomic mass is 16.6. The molecule has 0 bridgehead atoms. The average molecular weight is 314 g/mol. The molecule has 0 aliphatic rings. The van der Waals surface area contributed by atoms with Gasteiger partial charge < -0.3 is 10.0 Å². The Balaban J connectivity index is 1.98. The molecule has 2 N–H and O–H groups in total. The fraction of sp³-hybridized carbons (Fsp3) is 0.188. The monoisotopic (exact) mass is 314 g/mol. The fourth-order valence-corrected chi connectivity index (χ4v) is 1.96. The Bertz CT molecular complexity index is 686. The quantitative estimate of drug-likeness (QED) is 0.465. The Morgan fingerprint density at radius 2 is 2.04 bits per heavy atom. The van der Waals surface area contributed by atoms with Gasteiger partial charge in [-0.1, -0.05) is 18.2 Å². The lowest BCUT2D eigenvalue weighted by Gasteiger charge is -2.17. The summed E-state index contributed by atoms with van der Waals surface area (Å²) < 4.78 is 0. The maximum Gasteiger partial charge on any atom is 0.271 e. The minimum Gasteiger partial charge on any atom is -0.395 e. The first kappa shape index (κ1) is 16.4. The summed E-state index contributed by atoms with van der Waals surface area (Å²) in [6.07, 6.45) is 1.63. The summed E-state index contributed by atoms with van der Waals surface area (Å²) in [6.45, 7) is 0.675. The molecule has 0 saturated carbocycles. The van der Waals surface area contributed by atoms with E-state index < -0.39 is 4.92 Å². The molecule has 0 unspecified atom stereocenters. The van der Waals surface area contributed by atoms with Crippen molar-refractivity contribution in [2.24, 2.45) is 5.10 Å². The molecule has 0 amide bonds. The second-order valence-corrected chi connectivity index (χ2v) is 4.91. The lowest BCUT2D eigenvalue weighted by molar-refractivity contribution is -0.384. The van der Waals surface area contributed by atoms with E-state index in [1.807, 2.05) is 36.2 Å². The molecule has 2 aromatic carbocycles. The van der Waals surface area contributed by atoms with Gasteiger partial charge in [0.05, 0.1) is 23.4 Å². The number of nitro groups is 1. The Morgan fingerprint density at radius 1 is 1.30 bits per heavy atom. The molecule has 2 rings (SSSR count). The number of aliphatic hydroxyl groups excluding tert-OH is 1. The van der Waals surface area contributed by atoms with Crippen molar-refractivity contribution in [2.45, 2.75) is 0 Å². The number of anilines is 2. The van der Waals surface area contributed by atoms with Gasteiger partial charge in [0, 0.05) is 31.4 Å². The molecule has 120 valence electrons. The van der Waals surface area contributed by atoms with Crippen molar-refractivity contribution in [2.75, 3.05) is 30.5 Å². The van der Waals surface area contributed by atoms with Crippen molar-refractivity contribution in [3.05, 3.63) is 64.2 Å². The molecule has 0 fully saturated rings. The predicted molar refractivity (Wildman–Crippen MR) is 91.1 cm³/mol. The molecule has 0 aliphatic heterocycles. The van der Waals surface area contributed by atoms with Crippen LogP contribution in [0.2, 0.25) is 0 Å². The van der Waals surface area contributed by atoms with E-state index in [9.17, 15) is 10.1 Å². The third-order valence-corrected chi connectivity index (χ3v) is 3.23. The molecule has 0 atom stereocenters. The van der Waals surface area contributed by atoms with Crippen LogP contribution in [0, 0.1) is 10.1 Å². The average Bonchev–Trinajstić information content (AvgIpc) is 2.56. The van der Waals surface area contributed by atoms with E-state index >= 15 is 0 Å². The number of nitro benzene ring substituents is 1. The second-order valence-electron chi connectivity index (χ2n) is 4.91. The summed E-state index contributed by atoms with van der Waals surface area (Å²) >= 11 is 0. The largest absolute Gasteiger partial charge is 0.395 e. The second kappa shape index (κ2) is 7.90. The molecule has 0 spiro atoms. The Morgan fingerprint density at radius 3 is 2.70 bits per heavy atom. The Labute approximate surface area is 134 Å². The van der Waals surface area contributed by atoms with Crippen LogP contribution in [0.3, 0.4) is 0 Å². The van der Waals surface area contributed by atoms with Crippen molar-refractivity contribution >= 4 is 23.3 Å². The van der Waals surface area contributed by atoms with E-state index in [1.54, 1.807) is 18.3 Å². The summed E-state index contributed by atoms with van der Waals surface area (Å²) in [5, 5.41) is 23.7. The van der Waals surface area contributed by atoms with E-state index in [0.29, 0.717) is 12.2 Å². The molecule has 0 heterocycles. The van der Waals surface area contributed by atoms with Crippen LogP contribution in [-0.4, -0.2) is 36.4 Å². The number of nitrogens with one attached hydrogen (secondary N) is 1. The third kappa shape index (κ3) is 4.79. The van der Waals surface area contributed by atoms with Gasteiger partial charge in [-0.2, -0.15) is 5.10 Å². The highest BCUT2D eigenvalue weighted by Gasteiger charge is 2.04. The predicted octanol–water partition coefficient (Wildman–Crippen LogP) is 2.47. The van der Waals surface area contributed by atoms with Gasteiger partial charge in [0.1, 0.15) is 0 Å². The molecule has 0 saturated heterocycles. The number of hydrazone groups is 1. The third-order valence-electron chi connectivity index (χ3n) is 3.23. The van der Waals surface area contributed by atoms with Crippen molar-refractivity contribution < 1.29 is 10.0 Å². The summed E-state index contributed by atoms with van der Waals surface area (Å²) in [5.74, 6) is 0. The zero-order chi connectivity index (χ0) is 16.7. The minimum absolute atomic E-state index is 0.0153. The van der Waals surface area contributed by atoms with E-state index in [1.165, 1.54) is 12.1 Å². The van der Waals surface area contributed by atoms with Crippen LogP contribution < -0.4 is 10.3 Å². The molecule has 0 aromatic heterocycles. The van der Waals surface area contributed by atoms with Crippen LogP contribution in [0.25, 0.3) is 0 Å². The number of hydrogen-bond donors (Lipinski definition) is 2. The summed E-state index contributed by atoms with van der Waals surface area (Å²) in [6, 6.07) is 13.8. The van der Waals surface area contributed by atoms with Gasteiger partial charge >= 0.3 is 0 Å². The number of aliphatic hydroxyl groups is 1. The van der Waals surface area contributed by atoms with Gasteiger partial charge in [-0.25, -0.2) is 0 Å². The first-order valence-corrected chi connectivity index (χ1v) is 7.06. The smallest absolute Gasteiger partial charge is 0.271 e. The SMILES string of the molecule is CN(CCO)c1ccc(C=NNc2cccc([N+](=O)[O-])c2)cc1. The van der Waals surface area contributed by atoms with Gasteiger partial charge in [-0.05, 0) is 23.8 Å². The van der Waals surface area contributed by atoms with Crippen molar-refractivity contribution in [3.8, 4) is 0 Å². The molecular weight excluding hydrogens is 296 g/mol. The van der Waals surface area contributed by atoms with Crippen LogP contribution >= 0.6 is 0 Å². The first-order valence-electron chi connectivity index (χ1n) is 7.06. The van der Waals surface area contributed by atoms with Gasteiger partial charge in [0.25, 0.3) is 5.69 Å². The maximum absolute atomic E-state index is 10.7. The van der Waals surface area contributed by atoms with Crippen LogP contribution in [0.1, 0.15) is 5.56 Å². The zero-order valence-electron chi connectivity index (χ0n) is 12.7. The molecule has 23 heavy (non-hydrogen) atoms. The lowest BCUT2D eigenvalue weighted by Crippen LogP contribution is -2.20. The number of rotatable bonds is 7. The van der Waals surface area contributed by atoms with E-state index in [2.05, 4.69) is 10.5 Å². The lowest BCUT2D eigenvalue weighted by atomic mass is 10.2. The Hall–Kier alpha value is -2.93. The highest BCUT2D eigenvalue weighted by molar-refractivity contribution is 5.81. The van der Waals surface area contributed by atoms with Crippen LogP contribution in [-0.2, 0) is 0 Å². The van der Waals surface area contributed by atoms with Crippen LogP contribution in [0.15, 0.2) is 53.6 Å². The number of non-ortho nitro benzene ring substituents is 1. The van der Waals surface area contributed by atoms with Crippen LogP contribution in [0.4, 0.5) is 17.1 Å². The fourth-order valence-electron chi connectivity index (χ4n) is 1.96. The topological polar surface area (TPSA) is 91.0 Å². The highest BCUT2D eigenvalue weighted by Crippen LogP contribution is 2.17. The van der Waals surface area contributed by atoms with E-state index in [-0.39, 0.29) is 12.3 Å². The normalized spacial score (nSPS) is 10.7. The molecule has 7 heteroatoms. The number of likely N-dealkylation sites (N-methyl/N-ethyl adjacent to an activating group) is 1. The van der Waals surface area contributed by atoms with Crippen molar-refractivity contribution in [3.63, 3.8) is 0 Å². The molecule has 0 aliphatic carbocycles. The summed E-state index contributed by atoms with van der Waals surface area (Å²) in [5.41, 5.74) is 5.23. The molecule has 0 radical (unpaired) electrons. The zero-order valence-corrected chi connectivity index (χ0v) is 12.7. The first-order chi connectivity index (χ1) is 11.1. The maximum atomic E-state index is 10.7. The number of benzene rings is 2. The van der Waals surface area contributed by atoms with Gasteiger partial charge in [-0.3, -0.25) is 15.5 Å². The Kier molecular flexibility index (Phi) is 5.65. The van der Waals surface area contributed by atoms with E-state index in [4.69, 9.17) is 5.11 Å². The minimum atomic E-state index is -0.448. The van der Waals surface area contributed by atoms with E-state index in [0.717, 1.165) is 11.3 Å². The molecular formula is C16H18N4O3. The summed E-state index contributed by atoms with van der Waals surface area (Å²) in [7, 11) is 1.91. The number of nitrogens with zero attached hydrogens (tertiary/aromatic N) is 3. The molecule has 7 nitrogen and oxygen atoms in total. The molecule has 2 aromatic rings. The van der Waals surface area contributed by atoms with Gasteiger partial charge in [-0.15, -0.1) is 0 Å². The van der Waals surface area contributed by atoms with Crippen LogP contribution in [0.5, 0.6) is 0 Å². The van der Waals surface area contributed by atoms with Gasteiger partial charge in [0.15, 0.2) is 0 Å². The van der Waals surface area contributed by atoms with Crippen molar-refractivity contribution in [1.82, 2.24) is 0 Å². The van der Waals surface area contributed by atoms with Gasteiger partial charge in [0.2, 0.25) is 0 Å². The summed E-state index contributed by atoms with van der Waals surface area (Å²) in [4.78, 5) is 12.2. The van der Waals surface area contributed by atoms with Crippen molar-refractivity contribution in [1.29, 1.82) is 0 Å². The number of hydrogen-bond acceptors (Lipinski definition) is 6.